The third-order valence-electron chi connectivity index (χ3n) is 5.94. The van der Waals surface area contributed by atoms with Gasteiger partial charge in [-0.05, 0) is 25.0 Å². The molecule has 0 fully saturated rings. The van der Waals surface area contributed by atoms with E-state index in [4.69, 9.17) is 9.47 Å². The SMILES string of the molecule is CCCCCCCCCCOc1ccc(C=O)c([N+](=O)[O-])c1OCCCCCCCCCC. The summed E-state index contributed by atoms with van der Waals surface area (Å²) in [5, 5.41) is 11.6. The van der Waals surface area contributed by atoms with E-state index < -0.39 is 4.92 Å². The second-order valence-electron chi connectivity index (χ2n) is 8.85. The summed E-state index contributed by atoms with van der Waals surface area (Å²) in [6.45, 7) is 5.30. The number of carbonyl (C=O) groups excluding carboxylic acids is 1. The fourth-order valence-corrected chi connectivity index (χ4v) is 3.93. The van der Waals surface area contributed by atoms with Gasteiger partial charge in [-0.25, -0.2) is 0 Å². The molecule has 0 aliphatic heterocycles. The molecule has 0 amide bonds. The largest absolute Gasteiger partial charge is 0.489 e. The number of nitro benzene ring substituents is 1. The molecule has 0 saturated heterocycles. The molecule has 1 aromatic rings. The summed E-state index contributed by atoms with van der Waals surface area (Å²) >= 11 is 0. The predicted octanol–water partition coefficient (Wildman–Crippen LogP) is 8.45. The molecule has 0 radical (unpaired) electrons. The average Bonchev–Trinajstić information content (AvgIpc) is 2.81. The van der Waals surface area contributed by atoms with Gasteiger partial charge in [0.1, 0.15) is 0 Å². The Bertz CT molecular complexity index is 662. The van der Waals surface area contributed by atoms with Gasteiger partial charge in [-0.1, -0.05) is 104 Å². The highest BCUT2D eigenvalue weighted by Crippen LogP contribution is 2.39. The monoisotopic (exact) mass is 463 g/mol. The van der Waals surface area contributed by atoms with E-state index in [1.165, 1.54) is 76.7 Å². The smallest absolute Gasteiger partial charge is 0.325 e. The minimum Gasteiger partial charge on any atom is -0.489 e. The summed E-state index contributed by atoms with van der Waals surface area (Å²) in [5.74, 6) is 0.446. The predicted molar refractivity (Wildman–Crippen MR) is 135 cm³/mol. The molecule has 0 aromatic heterocycles. The van der Waals surface area contributed by atoms with E-state index in [0.29, 0.717) is 25.2 Å². The fourth-order valence-electron chi connectivity index (χ4n) is 3.93. The van der Waals surface area contributed by atoms with Crippen molar-refractivity contribution in [2.45, 2.75) is 117 Å². The van der Waals surface area contributed by atoms with Crippen molar-refractivity contribution in [3.8, 4) is 11.5 Å². The number of nitrogens with zero attached hydrogens (tertiary/aromatic N) is 1. The Hall–Kier alpha value is -2.11. The number of ether oxygens (including phenoxy) is 2. The van der Waals surface area contributed by atoms with E-state index in [1.807, 2.05) is 0 Å². The van der Waals surface area contributed by atoms with Crippen LogP contribution in [0.25, 0.3) is 0 Å². The molecule has 0 unspecified atom stereocenters. The topological polar surface area (TPSA) is 78.7 Å². The first kappa shape index (κ1) is 28.9. The van der Waals surface area contributed by atoms with Crippen LogP contribution in [0.15, 0.2) is 12.1 Å². The molecule has 188 valence electrons. The van der Waals surface area contributed by atoms with Crippen molar-refractivity contribution in [2.75, 3.05) is 13.2 Å². The number of unbranched alkanes of at least 4 members (excludes halogenated alkanes) is 14. The van der Waals surface area contributed by atoms with Crippen LogP contribution in [0, 0.1) is 10.1 Å². The van der Waals surface area contributed by atoms with Crippen molar-refractivity contribution in [1.29, 1.82) is 0 Å². The third-order valence-corrected chi connectivity index (χ3v) is 5.94. The van der Waals surface area contributed by atoms with E-state index in [9.17, 15) is 14.9 Å². The molecule has 33 heavy (non-hydrogen) atoms. The van der Waals surface area contributed by atoms with E-state index in [2.05, 4.69) is 13.8 Å². The Morgan fingerprint density at radius 1 is 0.727 bits per heavy atom. The molecule has 0 aliphatic carbocycles. The van der Waals surface area contributed by atoms with Crippen LogP contribution in [-0.2, 0) is 0 Å². The molecule has 1 rings (SSSR count). The van der Waals surface area contributed by atoms with Gasteiger partial charge >= 0.3 is 5.69 Å². The summed E-state index contributed by atoms with van der Waals surface area (Å²) in [4.78, 5) is 22.4. The van der Waals surface area contributed by atoms with Crippen molar-refractivity contribution in [1.82, 2.24) is 0 Å². The van der Waals surface area contributed by atoms with Crippen LogP contribution >= 0.6 is 0 Å². The van der Waals surface area contributed by atoms with E-state index in [0.717, 1.165) is 32.1 Å². The summed E-state index contributed by atoms with van der Waals surface area (Å²) < 4.78 is 11.7. The summed E-state index contributed by atoms with van der Waals surface area (Å²) in [6, 6.07) is 3.06. The molecule has 6 heteroatoms. The molecule has 0 saturated carbocycles. The van der Waals surface area contributed by atoms with Crippen LogP contribution in [0.1, 0.15) is 127 Å². The first-order valence-electron chi connectivity index (χ1n) is 13.2. The normalized spacial score (nSPS) is 10.8. The minimum absolute atomic E-state index is 0.0188. The Kier molecular flexibility index (Phi) is 17.0. The second-order valence-corrected chi connectivity index (χ2v) is 8.85. The van der Waals surface area contributed by atoms with Crippen LogP contribution in [0.4, 0.5) is 5.69 Å². The van der Waals surface area contributed by atoms with Gasteiger partial charge < -0.3 is 9.47 Å². The summed E-state index contributed by atoms with van der Waals surface area (Å²) in [6.07, 6.45) is 19.4. The molecule has 1 aromatic carbocycles. The molecular weight excluding hydrogens is 418 g/mol. The van der Waals surface area contributed by atoms with Crippen LogP contribution in [0.5, 0.6) is 11.5 Å². The number of hydrogen-bond donors (Lipinski definition) is 0. The first-order valence-corrected chi connectivity index (χ1v) is 13.2. The number of carbonyl (C=O) groups is 1. The zero-order valence-corrected chi connectivity index (χ0v) is 20.9. The molecule has 0 N–H and O–H groups in total. The average molecular weight is 464 g/mol. The third kappa shape index (κ3) is 12.6. The lowest BCUT2D eigenvalue weighted by Crippen LogP contribution is -2.07. The van der Waals surface area contributed by atoms with Crippen molar-refractivity contribution < 1.29 is 19.2 Å². The van der Waals surface area contributed by atoms with Crippen molar-refractivity contribution in [2.24, 2.45) is 0 Å². The molecule has 0 atom stereocenters. The maximum atomic E-state index is 11.6. The van der Waals surface area contributed by atoms with Crippen LogP contribution in [0.3, 0.4) is 0 Å². The van der Waals surface area contributed by atoms with E-state index in [1.54, 1.807) is 6.07 Å². The number of hydrogen-bond acceptors (Lipinski definition) is 5. The van der Waals surface area contributed by atoms with Gasteiger partial charge in [0.05, 0.1) is 23.7 Å². The maximum absolute atomic E-state index is 11.6. The lowest BCUT2D eigenvalue weighted by Gasteiger charge is -2.14. The highest BCUT2D eigenvalue weighted by molar-refractivity contribution is 5.85. The van der Waals surface area contributed by atoms with Gasteiger partial charge in [-0.15, -0.1) is 0 Å². The van der Waals surface area contributed by atoms with Crippen molar-refractivity contribution >= 4 is 12.0 Å². The highest BCUT2D eigenvalue weighted by atomic mass is 16.6. The van der Waals surface area contributed by atoms with Crippen molar-refractivity contribution in [3.05, 3.63) is 27.8 Å². The quantitative estimate of drug-likeness (QED) is 0.0746. The van der Waals surface area contributed by atoms with Gasteiger partial charge in [0, 0.05) is 0 Å². The zero-order chi connectivity index (χ0) is 24.2. The zero-order valence-electron chi connectivity index (χ0n) is 20.9. The maximum Gasteiger partial charge on any atom is 0.325 e. The van der Waals surface area contributed by atoms with E-state index in [-0.39, 0.29) is 17.0 Å². The standard InChI is InChI=1S/C27H45NO5/c1-3-5-7-9-11-13-15-17-21-32-25-20-19-24(23-29)26(28(30)31)27(25)33-22-18-16-14-12-10-8-6-4-2/h19-20,23H,3-18,21-22H2,1-2H3. The lowest BCUT2D eigenvalue weighted by atomic mass is 10.1. The minimum atomic E-state index is -0.546. The second kappa shape index (κ2) is 19.4. The Morgan fingerprint density at radius 3 is 1.64 bits per heavy atom. The molecule has 0 spiro atoms. The highest BCUT2D eigenvalue weighted by Gasteiger charge is 2.25. The van der Waals surface area contributed by atoms with Crippen molar-refractivity contribution in [3.63, 3.8) is 0 Å². The van der Waals surface area contributed by atoms with Gasteiger partial charge in [-0.2, -0.15) is 0 Å². The Labute approximate surface area is 200 Å². The molecule has 0 aliphatic rings. The number of aldehydes is 1. The summed E-state index contributed by atoms with van der Waals surface area (Å²) in [7, 11) is 0. The Morgan fingerprint density at radius 2 is 1.18 bits per heavy atom. The molecule has 6 nitrogen and oxygen atoms in total. The van der Waals surface area contributed by atoms with Gasteiger partial charge in [-0.3, -0.25) is 14.9 Å². The number of nitro groups is 1. The molecule has 0 heterocycles. The number of benzene rings is 1. The van der Waals surface area contributed by atoms with Gasteiger partial charge in [0.25, 0.3) is 0 Å². The van der Waals surface area contributed by atoms with E-state index >= 15 is 0 Å². The summed E-state index contributed by atoms with van der Waals surface area (Å²) in [5.41, 5.74) is -0.275. The van der Waals surface area contributed by atoms with Crippen LogP contribution in [-0.4, -0.2) is 24.4 Å². The lowest BCUT2D eigenvalue weighted by molar-refractivity contribution is -0.386. The number of rotatable bonds is 22. The fraction of sp³-hybridized carbons (Fsp3) is 0.741. The van der Waals surface area contributed by atoms with Gasteiger partial charge in [0.2, 0.25) is 5.75 Å². The first-order chi connectivity index (χ1) is 16.2. The molecular formula is C27H45NO5. The Balaban J connectivity index is 2.52. The van der Waals surface area contributed by atoms with Gasteiger partial charge in [0.15, 0.2) is 12.0 Å². The van der Waals surface area contributed by atoms with Crippen LogP contribution < -0.4 is 9.47 Å². The van der Waals surface area contributed by atoms with Crippen LogP contribution in [0.2, 0.25) is 0 Å². The molecule has 0 bridgehead atoms.